The second kappa shape index (κ2) is 7.42. The lowest BCUT2D eigenvalue weighted by molar-refractivity contribution is 0.358. The lowest BCUT2D eigenvalue weighted by atomic mass is 9.99. The summed E-state index contributed by atoms with van der Waals surface area (Å²) in [5.74, 6) is 4.58. The van der Waals surface area contributed by atoms with E-state index in [4.69, 9.17) is 0 Å². The summed E-state index contributed by atoms with van der Waals surface area (Å²) >= 11 is 0. The maximum atomic E-state index is 4.29. The molecule has 3 rings (SSSR count). The Bertz CT molecular complexity index is 494. The highest BCUT2D eigenvalue weighted by atomic mass is 127. The summed E-state index contributed by atoms with van der Waals surface area (Å²) in [4.78, 5) is 4.29. The van der Waals surface area contributed by atoms with Crippen molar-refractivity contribution in [2.75, 3.05) is 20.1 Å². The van der Waals surface area contributed by atoms with Gasteiger partial charge in [0.05, 0.1) is 0 Å². The molecule has 2 aliphatic rings. The van der Waals surface area contributed by atoms with Crippen LogP contribution in [0.4, 0.5) is 0 Å². The average Bonchev–Trinajstić information content (AvgIpc) is 3.23. The number of hydrogen-bond donors (Lipinski definition) is 2. The Balaban J connectivity index is 0.00000161. The smallest absolute Gasteiger partial charge is 0.190 e. The van der Waals surface area contributed by atoms with Crippen molar-refractivity contribution in [3.63, 3.8) is 0 Å². The molecule has 0 bridgehead atoms. The molecule has 1 aliphatic carbocycles. The first-order valence-corrected chi connectivity index (χ1v) is 7.59. The number of rotatable bonds is 4. The number of aromatic nitrogens is 3. The van der Waals surface area contributed by atoms with E-state index in [1.165, 1.54) is 19.3 Å². The summed E-state index contributed by atoms with van der Waals surface area (Å²) in [6.07, 6.45) is 4.93. The van der Waals surface area contributed by atoms with Crippen molar-refractivity contribution in [2.45, 2.75) is 39.2 Å². The third-order valence-corrected chi connectivity index (χ3v) is 4.27. The molecule has 7 heteroatoms. The van der Waals surface area contributed by atoms with Gasteiger partial charge in [0, 0.05) is 33.1 Å². The zero-order valence-corrected chi connectivity index (χ0v) is 15.1. The molecule has 1 aromatic rings. The van der Waals surface area contributed by atoms with Crippen molar-refractivity contribution >= 4 is 29.9 Å². The molecule has 0 amide bonds. The molecule has 1 atom stereocenters. The predicted molar refractivity (Wildman–Crippen MR) is 94.1 cm³/mol. The molecule has 0 aromatic carbocycles. The van der Waals surface area contributed by atoms with E-state index in [9.17, 15) is 0 Å². The van der Waals surface area contributed by atoms with Crippen LogP contribution in [0.25, 0.3) is 0 Å². The van der Waals surface area contributed by atoms with Crippen molar-refractivity contribution in [2.24, 2.45) is 16.8 Å². The minimum Gasteiger partial charge on any atom is -0.356 e. The molecule has 2 N–H and O–H groups in total. The molecule has 0 radical (unpaired) electrons. The van der Waals surface area contributed by atoms with E-state index in [1.807, 2.05) is 14.0 Å². The van der Waals surface area contributed by atoms with Crippen LogP contribution in [0.5, 0.6) is 0 Å². The van der Waals surface area contributed by atoms with Gasteiger partial charge in [-0.05, 0) is 38.0 Å². The number of aliphatic imine (C=N–C) groups is 1. The molecule has 21 heavy (non-hydrogen) atoms. The Morgan fingerprint density at radius 3 is 2.57 bits per heavy atom. The largest absolute Gasteiger partial charge is 0.356 e. The molecule has 1 unspecified atom stereocenters. The fraction of sp³-hybridized carbons (Fsp3) is 0.786. The summed E-state index contributed by atoms with van der Waals surface area (Å²) in [6.45, 7) is 5.06. The Morgan fingerprint density at radius 1 is 1.19 bits per heavy atom. The topological polar surface area (TPSA) is 67.1 Å². The first kappa shape index (κ1) is 16.5. The summed E-state index contributed by atoms with van der Waals surface area (Å²) in [7, 11) is 1.84. The van der Waals surface area contributed by atoms with Gasteiger partial charge in [0.1, 0.15) is 11.6 Å². The maximum absolute atomic E-state index is 4.29. The van der Waals surface area contributed by atoms with Crippen LogP contribution in [-0.2, 0) is 13.0 Å². The van der Waals surface area contributed by atoms with E-state index >= 15 is 0 Å². The van der Waals surface area contributed by atoms with Crippen molar-refractivity contribution < 1.29 is 0 Å². The SMILES string of the molecule is CN=C(NCC1CC1)NCC1CCc2nnc(C)n2C1.I. The van der Waals surface area contributed by atoms with E-state index in [2.05, 4.69) is 30.4 Å². The minimum absolute atomic E-state index is 0. The Labute approximate surface area is 143 Å². The summed E-state index contributed by atoms with van der Waals surface area (Å²) in [6, 6.07) is 0. The van der Waals surface area contributed by atoms with E-state index in [1.54, 1.807) is 0 Å². The van der Waals surface area contributed by atoms with E-state index in [0.717, 1.165) is 49.6 Å². The van der Waals surface area contributed by atoms with Gasteiger partial charge in [-0.2, -0.15) is 0 Å². The van der Waals surface area contributed by atoms with Gasteiger partial charge in [0.25, 0.3) is 0 Å². The van der Waals surface area contributed by atoms with Crippen LogP contribution in [0, 0.1) is 18.8 Å². The van der Waals surface area contributed by atoms with Crippen molar-refractivity contribution in [3.8, 4) is 0 Å². The highest BCUT2D eigenvalue weighted by molar-refractivity contribution is 14.0. The molecule has 1 aliphatic heterocycles. The standard InChI is InChI=1S/C14H24N6.HI/c1-10-18-19-13-6-5-12(9-20(10)13)8-17-14(15-2)16-7-11-3-4-11;/h11-12H,3-9H2,1-2H3,(H2,15,16,17);1H. The van der Waals surface area contributed by atoms with Crippen LogP contribution in [0.3, 0.4) is 0 Å². The first-order chi connectivity index (χ1) is 9.76. The lowest BCUT2D eigenvalue weighted by Gasteiger charge is -2.25. The van der Waals surface area contributed by atoms with Crippen LogP contribution in [0.2, 0.25) is 0 Å². The van der Waals surface area contributed by atoms with Crippen molar-refractivity contribution in [1.29, 1.82) is 0 Å². The maximum Gasteiger partial charge on any atom is 0.190 e. The summed E-state index contributed by atoms with van der Waals surface area (Å²) < 4.78 is 2.25. The Hall–Kier alpha value is -0.860. The van der Waals surface area contributed by atoms with Crippen molar-refractivity contribution in [1.82, 2.24) is 25.4 Å². The zero-order valence-electron chi connectivity index (χ0n) is 12.8. The van der Waals surface area contributed by atoms with Crippen LogP contribution in [0.15, 0.2) is 4.99 Å². The first-order valence-electron chi connectivity index (χ1n) is 7.59. The average molecular weight is 404 g/mol. The summed E-state index contributed by atoms with van der Waals surface area (Å²) in [5, 5.41) is 15.2. The number of halogens is 1. The molecule has 0 saturated heterocycles. The van der Waals surface area contributed by atoms with Gasteiger partial charge in [-0.3, -0.25) is 4.99 Å². The normalized spacial score (nSPS) is 21.4. The molecule has 1 saturated carbocycles. The lowest BCUT2D eigenvalue weighted by Crippen LogP contribution is -2.42. The molecule has 2 heterocycles. The fourth-order valence-corrected chi connectivity index (χ4v) is 2.72. The van der Waals surface area contributed by atoms with Gasteiger partial charge in [0.2, 0.25) is 0 Å². The van der Waals surface area contributed by atoms with Gasteiger partial charge in [-0.25, -0.2) is 0 Å². The van der Waals surface area contributed by atoms with Crippen molar-refractivity contribution in [3.05, 3.63) is 11.6 Å². The molecular weight excluding hydrogens is 379 g/mol. The van der Waals surface area contributed by atoms with E-state index in [0.29, 0.717) is 5.92 Å². The Morgan fingerprint density at radius 2 is 1.90 bits per heavy atom. The number of aryl methyl sites for hydroxylation is 2. The number of nitrogens with one attached hydrogen (secondary N) is 2. The van der Waals surface area contributed by atoms with Gasteiger partial charge < -0.3 is 15.2 Å². The molecule has 1 fully saturated rings. The Kier molecular flexibility index (Phi) is 5.83. The summed E-state index contributed by atoms with van der Waals surface area (Å²) in [5.41, 5.74) is 0. The second-order valence-electron chi connectivity index (χ2n) is 5.96. The fourth-order valence-electron chi connectivity index (χ4n) is 2.72. The highest BCUT2D eigenvalue weighted by Crippen LogP contribution is 2.27. The third-order valence-electron chi connectivity index (χ3n) is 4.27. The number of guanidine groups is 1. The number of hydrogen-bond acceptors (Lipinski definition) is 3. The zero-order chi connectivity index (χ0) is 13.9. The second-order valence-corrected chi connectivity index (χ2v) is 5.96. The van der Waals surface area contributed by atoms with Gasteiger partial charge in [0.15, 0.2) is 5.96 Å². The van der Waals surface area contributed by atoms with Crippen LogP contribution >= 0.6 is 24.0 Å². The number of fused-ring (bicyclic) bond motifs is 1. The third kappa shape index (κ3) is 4.31. The van der Waals surface area contributed by atoms with Gasteiger partial charge in [-0.15, -0.1) is 34.2 Å². The molecule has 118 valence electrons. The predicted octanol–water partition coefficient (Wildman–Crippen LogP) is 1.34. The van der Waals surface area contributed by atoms with Crippen LogP contribution in [-0.4, -0.2) is 40.9 Å². The monoisotopic (exact) mass is 404 g/mol. The minimum atomic E-state index is 0. The van der Waals surface area contributed by atoms with Crippen LogP contribution < -0.4 is 10.6 Å². The van der Waals surface area contributed by atoms with E-state index < -0.39 is 0 Å². The molecule has 6 nitrogen and oxygen atoms in total. The van der Waals surface area contributed by atoms with Gasteiger partial charge >= 0.3 is 0 Å². The van der Waals surface area contributed by atoms with E-state index in [-0.39, 0.29) is 24.0 Å². The quantitative estimate of drug-likeness (QED) is 0.452. The van der Waals surface area contributed by atoms with Crippen LogP contribution in [0.1, 0.15) is 30.9 Å². The molecule has 1 aromatic heterocycles. The molecule has 0 spiro atoms. The van der Waals surface area contributed by atoms with Gasteiger partial charge in [-0.1, -0.05) is 0 Å². The number of nitrogens with zero attached hydrogens (tertiary/aromatic N) is 4. The molecular formula is C14H25IN6. The highest BCUT2D eigenvalue weighted by Gasteiger charge is 2.23.